The molecule has 6 nitrogen and oxygen atoms in total. The van der Waals surface area contributed by atoms with E-state index < -0.39 is 17.7 Å². The molecule has 1 aliphatic heterocycles. The molecule has 1 unspecified atom stereocenters. The van der Waals surface area contributed by atoms with Gasteiger partial charge in [0.15, 0.2) is 6.10 Å². The van der Waals surface area contributed by atoms with Crippen molar-refractivity contribution in [1.82, 2.24) is 10.3 Å². The molecule has 2 heterocycles. The average Bonchev–Trinajstić information content (AvgIpc) is 2.88. The van der Waals surface area contributed by atoms with E-state index in [9.17, 15) is 9.90 Å². The number of carboxylic acid groups (broad SMARTS) is 1. The summed E-state index contributed by atoms with van der Waals surface area (Å²) in [6.07, 6.45) is 0.963. The number of piperidine rings is 1. The number of nitrogens with zero attached hydrogens (tertiary/aromatic N) is 2. The van der Waals surface area contributed by atoms with E-state index in [0.717, 1.165) is 61.5 Å². The molecule has 6 heteroatoms. The second-order valence-corrected chi connectivity index (χ2v) is 12.8. The molecule has 2 aromatic carbocycles. The first kappa shape index (κ1) is 29.8. The third-order valence-electron chi connectivity index (χ3n) is 7.71. The third kappa shape index (κ3) is 7.29. The molecule has 214 valence electrons. The van der Waals surface area contributed by atoms with E-state index >= 15 is 0 Å². The van der Waals surface area contributed by atoms with Gasteiger partial charge in [0.25, 0.3) is 0 Å². The normalized spacial score (nSPS) is 16.1. The Morgan fingerprint density at radius 3 is 2.10 bits per heavy atom. The van der Waals surface area contributed by atoms with Crippen molar-refractivity contribution in [3.63, 3.8) is 0 Å². The van der Waals surface area contributed by atoms with Crippen molar-refractivity contribution in [3.05, 3.63) is 82.7 Å². The minimum atomic E-state index is -1.11. The fourth-order valence-electron chi connectivity index (χ4n) is 5.49. The van der Waals surface area contributed by atoms with Crippen molar-refractivity contribution >= 4 is 11.7 Å². The summed E-state index contributed by atoms with van der Waals surface area (Å²) in [5, 5.41) is 13.9. The molecule has 0 saturated carbocycles. The smallest absolute Gasteiger partial charge is 0.337 e. The van der Waals surface area contributed by atoms with E-state index in [1.807, 2.05) is 40.7 Å². The molecule has 1 aliphatic rings. The monoisotopic (exact) mass is 543 g/mol. The Kier molecular flexibility index (Phi) is 9.01. The van der Waals surface area contributed by atoms with Gasteiger partial charge < -0.3 is 20.1 Å². The van der Waals surface area contributed by atoms with Gasteiger partial charge in [-0.05, 0) is 69.6 Å². The first-order valence-corrected chi connectivity index (χ1v) is 14.4. The van der Waals surface area contributed by atoms with Crippen molar-refractivity contribution in [2.24, 2.45) is 5.41 Å². The number of aryl methyl sites for hydroxylation is 2. The maximum absolute atomic E-state index is 12.7. The van der Waals surface area contributed by atoms with Gasteiger partial charge in [0, 0.05) is 48.7 Å². The van der Waals surface area contributed by atoms with Crippen LogP contribution in [0, 0.1) is 19.3 Å². The van der Waals surface area contributed by atoms with E-state index in [1.165, 1.54) is 11.1 Å². The fourth-order valence-corrected chi connectivity index (χ4v) is 5.49. The van der Waals surface area contributed by atoms with Gasteiger partial charge in [-0.15, -0.1) is 0 Å². The molecule has 40 heavy (non-hydrogen) atoms. The average molecular weight is 544 g/mol. The maximum Gasteiger partial charge on any atom is 0.337 e. The van der Waals surface area contributed by atoms with Crippen molar-refractivity contribution in [1.29, 1.82) is 0 Å². The summed E-state index contributed by atoms with van der Waals surface area (Å²) in [6, 6.07) is 19.0. The summed E-state index contributed by atoms with van der Waals surface area (Å²) in [5.74, 6) is -0.993. The number of nitrogens with one attached hydrogen (secondary N) is 1. The third-order valence-corrected chi connectivity index (χ3v) is 7.71. The van der Waals surface area contributed by atoms with E-state index in [0.29, 0.717) is 11.3 Å². The highest BCUT2D eigenvalue weighted by molar-refractivity contribution is 5.88. The van der Waals surface area contributed by atoms with Crippen molar-refractivity contribution in [3.8, 4) is 11.1 Å². The summed E-state index contributed by atoms with van der Waals surface area (Å²) >= 11 is 0. The fraction of sp³-hybridized carbons (Fsp3) is 0.471. The lowest BCUT2D eigenvalue weighted by molar-refractivity contribution is -0.160. The summed E-state index contributed by atoms with van der Waals surface area (Å²) in [5.41, 5.74) is 7.34. The highest BCUT2D eigenvalue weighted by Crippen LogP contribution is 2.44. The lowest BCUT2D eigenvalue weighted by Crippen LogP contribution is -2.39. The zero-order valence-corrected chi connectivity index (χ0v) is 25.2. The number of aromatic nitrogens is 1. The van der Waals surface area contributed by atoms with Gasteiger partial charge in [-0.3, -0.25) is 4.98 Å². The number of ether oxygens (including phenoxy) is 1. The molecule has 0 spiro atoms. The lowest BCUT2D eigenvalue weighted by Gasteiger charge is -2.41. The van der Waals surface area contributed by atoms with Gasteiger partial charge in [0.05, 0.1) is 11.3 Å². The summed E-state index contributed by atoms with van der Waals surface area (Å²) in [7, 11) is 0. The molecule has 0 radical (unpaired) electrons. The predicted molar refractivity (Wildman–Crippen MR) is 163 cm³/mol. The number of hydrogen-bond donors (Lipinski definition) is 2. The first-order chi connectivity index (χ1) is 18.8. The molecule has 3 aromatic rings. The van der Waals surface area contributed by atoms with E-state index in [1.54, 1.807) is 0 Å². The topological polar surface area (TPSA) is 74.7 Å². The molecule has 1 fully saturated rings. The van der Waals surface area contributed by atoms with Crippen LogP contribution in [0.2, 0.25) is 0 Å². The van der Waals surface area contributed by atoms with Crippen LogP contribution < -0.4 is 10.2 Å². The Morgan fingerprint density at radius 1 is 0.975 bits per heavy atom. The maximum atomic E-state index is 12.7. The van der Waals surface area contributed by atoms with Crippen molar-refractivity contribution in [2.75, 3.05) is 18.0 Å². The molecule has 0 aliphatic carbocycles. The van der Waals surface area contributed by atoms with Gasteiger partial charge in [-0.2, -0.15) is 0 Å². The van der Waals surface area contributed by atoms with Crippen molar-refractivity contribution < 1.29 is 14.6 Å². The second kappa shape index (κ2) is 12.1. The highest BCUT2D eigenvalue weighted by atomic mass is 16.5. The number of benzene rings is 2. The Bertz CT molecular complexity index is 1300. The molecular weight excluding hydrogens is 498 g/mol. The van der Waals surface area contributed by atoms with E-state index in [-0.39, 0.29) is 5.41 Å². The summed E-state index contributed by atoms with van der Waals surface area (Å²) in [6.45, 7) is 17.5. The molecule has 2 N–H and O–H groups in total. The molecule has 4 rings (SSSR count). The van der Waals surface area contributed by atoms with Crippen molar-refractivity contribution in [2.45, 2.75) is 86.1 Å². The minimum Gasteiger partial charge on any atom is -0.479 e. The van der Waals surface area contributed by atoms with Crippen LogP contribution in [0.3, 0.4) is 0 Å². The van der Waals surface area contributed by atoms with Crippen LogP contribution in [0.15, 0.2) is 54.6 Å². The van der Waals surface area contributed by atoms with E-state index in [2.05, 4.69) is 72.6 Å². The highest BCUT2D eigenvalue weighted by Gasteiger charge is 2.36. The molecular formula is C34H45N3O3. The summed E-state index contributed by atoms with van der Waals surface area (Å²) < 4.78 is 6.19. The first-order valence-electron chi connectivity index (χ1n) is 14.4. The van der Waals surface area contributed by atoms with E-state index in [4.69, 9.17) is 9.72 Å². The standard InChI is InChI=1S/C34H45N3O3/c1-23-28(27-15-13-26(14-16-27)22-35-21-25-11-9-8-10-12-25)30(37-19-17-34(6,7)18-20-37)29(24(2)36-23)31(32(38)39)40-33(3,4)5/h8-16,31,35H,17-22H2,1-7H3,(H,38,39). The zero-order valence-electron chi connectivity index (χ0n) is 25.2. The number of carboxylic acids is 1. The van der Waals surface area contributed by atoms with Crippen LogP contribution in [0.1, 0.15) is 81.6 Å². The lowest BCUT2D eigenvalue weighted by atomic mass is 9.81. The van der Waals surface area contributed by atoms with Gasteiger partial charge in [-0.1, -0.05) is 68.4 Å². The largest absolute Gasteiger partial charge is 0.479 e. The van der Waals surface area contributed by atoms with Crippen LogP contribution in [0.4, 0.5) is 5.69 Å². The predicted octanol–water partition coefficient (Wildman–Crippen LogP) is 7.22. The molecule has 1 atom stereocenters. The Balaban J connectivity index is 1.74. The number of anilines is 1. The Hall–Kier alpha value is -3.22. The number of hydrogen-bond acceptors (Lipinski definition) is 5. The number of carbonyl (C=O) groups is 1. The molecule has 0 bridgehead atoms. The van der Waals surface area contributed by atoms with Gasteiger partial charge in [-0.25, -0.2) is 4.79 Å². The van der Waals surface area contributed by atoms with Crippen LogP contribution in [0.5, 0.6) is 0 Å². The van der Waals surface area contributed by atoms with Gasteiger partial charge in [0.1, 0.15) is 0 Å². The van der Waals surface area contributed by atoms with Crippen LogP contribution in [-0.2, 0) is 22.6 Å². The Morgan fingerprint density at radius 2 is 1.55 bits per heavy atom. The van der Waals surface area contributed by atoms with Gasteiger partial charge >= 0.3 is 5.97 Å². The Labute approximate surface area is 239 Å². The molecule has 1 saturated heterocycles. The summed E-state index contributed by atoms with van der Waals surface area (Å²) in [4.78, 5) is 19.9. The quantitative estimate of drug-likeness (QED) is 0.297. The second-order valence-electron chi connectivity index (χ2n) is 12.8. The molecule has 0 amide bonds. The minimum absolute atomic E-state index is 0.260. The molecule has 1 aromatic heterocycles. The zero-order chi connectivity index (χ0) is 29.1. The van der Waals surface area contributed by atoms with Crippen LogP contribution >= 0.6 is 0 Å². The van der Waals surface area contributed by atoms with Crippen LogP contribution in [-0.4, -0.2) is 34.8 Å². The number of pyridine rings is 1. The van der Waals surface area contributed by atoms with Crippen LogP contribution in [0.25, 0.3) is 11.1 Å². The number of rotatable bonds is 9. The SMILES string of the molecule is Cc1nc(C)c(C(OC(C)(C)C)C(=O)O)c(N2CCC(C)(C)CC2)c1-c1ccc(CNCc2ccccc2)cc1. The number of aliphatic carboxylic acids is 1. The van der Waals surface area contributed by atoms with Gasteiger partial charge in [0.2, 0.25) is 0 Å².